The summed E-state index contributed by atoms with van der Waals surface area (Å²) >= 11 is 0. The third-order valence-electron chi connectivity index (χ3n) is 3.81. The first-order valence-electron chi connectivity index (χ1n) is 8.00. The first-order chi connectivity index (χ1) is 12.5. The molecule has 1 heterocycles. The molecule has 1 atom stereocenters. The van der Waals surface area contributed by atoms with Gasteiger partial charge in [-0.1, -0.05) is 18.2 Å². The highest BCUT2D eigenvalue weighted by Crippen LogP contribution is 2.32. The fourth-order valence-electron chi connectivity index (χ4n) is 2.58. The maximum Gasteiger partial charge on any atom is 0.241 e. The lowest BCUT2D eigenvalue weighted by atomic mass is 10.1. The zero-order chi connectivity index (χ0) is 18.6. The van der Waals surface area contributed by atoms with E-state index in [-0.39, 0.29) is 22.2 Å². The molecular weight excluding hydrogens is 377 g/mol. The summed E-state index contributed by atoms with van der Waals surface area (Å²) in [5.41, 5.74) is 2.53. The van der Waals surface area contributed by atoms with Crippen molar-refractivity contribution in [3.63, 3.8) is 0 Å². The van der Waals surface area contributed by atoms with Crippen LogP contribution in [0.3, 0.4) is 0 Å². The number of benzene rings is 2. The first kappa shape index (κ1) is 18.8. The second kappa shape index (κ2) is 8.17. The summed E-state index contributed by atoms with van der Waals surface area (Å²) in [6.07, 6.45) is 0.646. The molecule has 0 spiro atoms. The standard InChI is InChI=1S/C17H18FN3O3S2/c18-14-4-1-3-13(11-14)7-8-19-9-10-21-26(23,24)16-6-2-5-15-17(16)25(22)12-20-15/h1-6,11-12,19,21H,7-10H2. The quantitative estimate of drug-likeness (QED) is 0.666. The Labute approximate surface area is 154 Å². The average molecular weight is 395 g/mol. The van der Waals surface area contributed by atoms with Crippen LogP contribution in [-0.4, -0.2) is 37.8 Å². The van der Waals surface area contributed by atoms with E-state index in [2.05, 4.69) is 15.0 Å². The van der Waals surface area contributed by atoms with Gasteiger partial charge in [0.15, 0.2) is 0 Å². The number of hydrogen-bond donors (Lipinski definition) is 2. The summed E-state index contributed by atoms with van der Waals surface area (Å²) in [7, 11) is -5.32. The molecule has 6 nitrogen and oxygen atoms in total. The molecule has 2 N–H and O–H groups in total. The smallest absolute Gasteiger partial charge is 0.241 e. The maximum atomic E-state index is 13.1. The minimum atomic E-state index is -3.78. The number of halogens is 1. The molecule has 138 valence electrons. The summed E-state index contributed by atoms with van der Waals surface area (Å²) in [4.78, 5) is 4.17. The number of sulfonamides is 1. The number of nitrogens with zero attached hydrogens (tertiary/aromatic N) is 1. The molecular formula is C17H18FN3O3S2. The highest BCUT2D eigenvalue weighted by molar-refractivity contribution is 7.99. The van der Waals surface area contributed by atoms with E-state index in [0.29, 0.717) is 25.2 Å². The monoisotopic (exact) mass is 395 g/mol. The van der Waals surface area contributed by atoms with Gasteiger partial charge in [0.25, 0.3) is 0 Å². The van der Waals surface area contributed by atoms with Crippen molar-refractivity contribution in [3.8, 4) is 0 Å². The molecule has 1 aliphatic heterocycles. The molecule has 0 amide bonds. The third kappa shape index (κ3) is 4.42. The van der Waals surface area contributed by atoms with E-state index in [4.69, 9.17) is 0 Å². The summed E-state index contributed by atoms with van der Waals surface area (Å²) in [5, 5.41) is 3.10. The van der Waals surface area contributed by atoms with E-state index in [9.17, 15) is 17.0 Å². The van der Waals surface area contributed by atoms with Crippen molar-refractivity contribution >= 4 is 32.1 Å². The fraction of sp³-hybridized carbons (Fsp3) is 0.235. The van der Waals surface area contributed by atoms with Crippen LogP contribution in [0.15, 0.2) is 57.2 Å². The largest absolute Gasteiger partial charge is 0.315 e. The summed E-state index contributed by atoms with van der Waals surface area (Å²) < 4.78 is 52.4. The van der Waals surface area contributed by atoms with E-state index in [1.54, 1.807) is 18.2 Å². The number of aliphatic imine (C=N–C) groups is 1. The topological polar surface area (TPSA) is 87.6 Å². The van der Waals surface area contributed by atoms with Crippen molar-refractivity contribution in [1.82, 2.24) is 10.0 Å². The van der Waals surface area contributed by atoms with Crippen LogP contribution in [0, 0.1) is 5.82 Å². The Morgan fingerprint density at radius 1 is 1.08 bits per heavy atom. The summed E-state index contributed by atoms with van der Waals surface area (Å²) in [5.74, 6) is -0.271. The van der Waals surface area contributed by atoms with E-state index in [1.807, 2.05) is 6.07 Å². The molecule has 0 aliphatic carbocycles. The van der Waals surface area contributed by atoms with Gasteiger partial charge in [0.2, 0.25) is 10.0 Å². The first-order valence-corrected chi connectivity index (χ1v) is 10.7. The van der Waals surface area contributed by atoms with Gasteiger partial charge in [0, 0.05) is 13.1 Å². The zero-order valence-corrected chi connectivity index (χ0v) is 15.4. The molecule has 1 unspecified atom stereocenters. The number of rotatable bonds is 8. The van der Waals surface area contributed by atoms with Crippen molar-refractivity contribution in [3.05, 3.63) is 53.8 Å². The SMILES string of the molecule is O=S1C=Nc2cccc(S(=O)(=O)NCCNCCc3cccc(F)c3)c21. The molecule has 0 fully saturated rings. The minimum absolute atomic E-state index is 0.00871. The van der Waals surface area contributed by atoms with Gasteiger partial charge in [-0.15, -0.1) is 0 Å². The number of nitrogens with one attached hydrogen (secondary N) is 2. The molecule has 0 saturated heterocycles. The predicted molar refractivity (Wildman–Crippen MR) is 99.2 cm³/mol. The van der Waals surface area contributed by atoms with E-state index >= 15 is 0 Å². The maximum absolute atomic E-state index is 13.1. The zero-order valence-electron chi connectivity index (χ0n) is 13.8. The Morgan fingerprint density at radius 2 is 1.88 bits per heavy atom. The number of hydrogen-bond acceptors (Lipinski definition) is 5. The van der Waals surface area contributed by atoms with Crippen LogP contribution in [0.5, 0.6) is 0 Å². The normalized spacial score (nSPS) is 16.0. The van der Waals surface area contributed by atoms with Crippen molar-refractivity contribution in [2.24, 2.45) is 4.99 Å². The molecule has 3 rings (SSSR count). The van der Waals surface area contributed by atoms with Crippen LogP contribution in [0.1, 0.15) is 5.56 Å². The van der Waals surface area contributed by atoms with Gasteiger partial charge in [-0.2, -0.15) is 0 Å². The second-order valence-electron chi connectivity index (χ2n) is 5.66. The van der Waals surface area contributed by atoms with Crippen molar-refractivity contribution < 1.29 is 17.0 Å². The van der Waals surface area contributed by atoms with Gasteiger partial charge < -0.3 is 5.32 Å². The van der Waals surface area contributed by atoms with E-state index < -0.39 is 20.8 Å². The molecule has 26 heavy (non-hydrogen) atoms. The van der Waals surface area contributed by atoms with Crippen LogP contribution in [0.25, 0.3) is 0 Å². The highest BCUT2D eigenvalue weighted by atomic mass is 32.2. The molecule has 9 heteroatoms. The Balaban J connectivity index is 1.49. The lowest BCUT2D eigenvalue weighted by Gasteiger charge is -2.10. The van der Waals surface area contributed by atoms with Crippen molar-refractivity contribution in [2.75, 3.05) is 19.6 Å². The van der Waals surface area contributed by atoms with Crippen LogP contribution >= 0.6 is 0 Å². The molecule has 0 radical (unpaired) electrons. The molecule has 0 aromatic heterocycles. The lowest BCUT2D eigenvalue weighted by molar-refractivity contribution is 0.573. The molecule has 2 aromatic rings. The fourth-order valence-corrected chi connectivity index (χ4v) is 5.19. The Bertz CT molecular complexity index is 961. The van der Waals surface area contributed by atoms with E-state index in [0.717, 1.165) is 5.56 Å². The van der Waals surface area contributed by atoms with Gasteiger partial charge in [-0.05, 0) is 42.8 Å². The summed E-state index contributed by atoms with van der Waals surface area (Å²) in [6, 6.07) is 11.0. The minimum Gasteiger partial charge on any atom is -0.315 e. The predicted octanol–water partition coefficient (Wildman–Crippen LogP) is 1.72. The van der Waals surface area contributed by atoms with Crippen LogP contribution in [-0.2, 0) is 27.2 Å². The van der Waals surface area contributed by atoms with Gasteiger partial charge >= 0.3 is 0 Å². The van der Waals surface area contributed by atoms with E-state index in [1.165, 1.54) is 23.7 Å². The molecule has 0 bridgehead atoms. The van der Waals surface area contributed by atoms with Gasteiger partial charge in [-0.25, -0.2) is 26.7 Å². The molecule has 1 aliphatic rings. The van der Waals surface area contributed by atoms with Gasteiger partial charge in [0.05, 0.1) is 26.9 Å². The van der Waals surface area contributed by atoms with Gasteiger partial charge in [0.1, 0.15) is 10.7 Å². The Hall–Kier alpha value is -1.94. The van der Waals surface area contributed by atoms with Crippen LogP contribution < -0.4 is 10.0 Å². The van der Waals surface area contributed by atoms with Crippen molar-refractivity contribution in [2.45, 2.75) is 16.2 Å². The Kier molecular flexibility index (Phi) is 5.92. The summed E-state index contributed by atoms with van der Waals surface area (Å²) in [6.45, 7) is 1.20. The van der Waals surface area contributed by atoms with Crippen molar-refractivity contribution in [1.29, 1.82) is 0 Å². The third-order valence-corrected chi connectivity index (χ3v) is 6.57. The highest BCUT2D eigenvalue weighted by Gasteiger charge is 2.26. The Morgan fingerprint density at radius 3 is 2.69 bits per heavy atom. The second-order valence-corrected chi connectivity index (χ2v) is 8.61. The number of fused-ring (bicyclic) bond motifs is 1. The molecule has 2 aromatic carbocycles. The lowest BCUT2D eigenvalue weighted by Crippen LogP contribution is -2.33. The van der Waals surface area contributed by atoms with Crippen LogP contribution in [0.2, 0.25) is 0 Å². The molecule has 0 saturated carbocycles. The van der Waals surface area contributed by atoms with Gasteiger partial charge in [-0.3, -0.25) is 0 Å². The van der Waals surface area contributed by atoms with Crippen LogP contribution in [0.4, 0.5) is 10.1 Å². The average Bonchev–Trinajstić information content (AvgIpc) is 2.99.